The number of morpholine rings is 1. The van der Waals surface area contributed by atoms with Gasteiger partial charge < -0.3 is 30.3 Å². The zero-order valence-electron chi connectivity index (χ0n) is 18.7. The lowest BCUT2D eigenvalue weighted by Gasteiger charge is -2.29. The first-order chi connectivity index (χ1) is 16.4. The third-order valence-corrected chi connectivity index (χ3v) is 5.43. The van der Waals surface area contributed by atoms with Crippen LogP contribution in [-0.4, -0.2) is 88.0 Å². The van der Waals surface area contributed by atoms with Crippen LogP contribution < -0.4 is 10.6 Å². The standard InChI is InChI=1S/C22H28BN5O6/c29-20(28-10-12-34-13-11-28)14-17(26-22(31)18-15-24-8-9-25-18)21(30)27-19(23(32)33)7-6-16-4-2-1-3-5-16/h1-5,8-9,15,17,19,32-33H,6-7,10-14H2,(H,26,31)(H,27,30). The highest BCUT2D eigenvalue weighted by molar-refractivity contribution is 6.43. The molecule has 1 saturated heterocycles. The average molecular weight is 469 g/mol. The Balaban J connectivity index is 1.69. The van der Waals surface area contributed by atoms with E-state index in [2.05, 4.69) is 20.6 Å². The van der Waals surface area contributed by atoms with Crippen molar-refractivity contribution in [2.75, 3.05) is 26.3 Å². The van der Waals surface area contributed by atoms with Gasteiger partial charge in [0, 0.05) is 25.5 Å². The maximum absolute atomic E-state index is 13.1. The Bertz CT molecular complexity index is 943. The van der Waals surface area contributed by atoms with Gasteiger partial charge in [-0.3, -0.25) is 19.4 Å². The smallest absolute Gasteiger partial charge is 0.426 e. The summed E-state index contributed by atoms with van der Waals surface area (Å²) < 4.78 is 5.25. The SMILES string of the molecule is O=C(NC(CC(=O)N1CCOCC1)C(=O)NC(CCc1ccccc1)B(O)O)c1cnccn1. The number of ether oxygens (including phenoxy) is 1. The summed E-state index contributed by atoms with van der Waals surface area (Å²) in [6, 6.07) is 8.16. The summed E-state index contributed by atoms with van der Waals surface area (Å²) in [5, 5.41) is 24.7. The Morgan fingerprint density at radius 1 is 1.09 bits per heavy atom. The highest BCUT2D eigenvalue weighted by Gasteiger charge is 2.32. The Morgan fingerprint density at radius 3 is 2.47 bits per heavy atom. The summed E-state index contributed by atoms with van der Waals surface area (Å²) in [6.45, 7) is 1.57. The molecule has 2 aromatic rings. The van der Waals surface area contributed by atoms with Crippen LogP contribution in [0.3, 0.4) is 0 Å². The van der Waals surface area contributed by atoms with Gasteiger partial charge in [-0.1, -0.05) is 30.3 Å². The molecule has 2 unspecified atom stereocenters. The van der Waals surface area contributed by atoms with Gasteiger partial charge in [-0.15, -0.1) is 0 Å². The van der Waals surface area contributed by atoms with Crippen molar-refractivity contribution in [3.8, 4) is 0 Å². The van der Waals surface area contributed by atoms with Crippen molar-refractivity contribution in [2.45, 2.75) is 31.2 Å². The van der Waals surface area contributed by atoms with Crippen LogP contribution in [0.1, 0.15) is 28.9 Å². The molecule has 1 aromatic carbocycles. The molecule has 1 aliphatic heterocycles. The molecule has 1 aliphatic rings. The van der Waals surface area contributed by atoms with Gasteiger partial charge in [0.05, 0.1) is 31.8 Å². The van der Waals surface area contributed by atoms with Crippen molar-refractivity contribution in [1.82, 2.24) is 25.5 Å². The molecule has 11 nitrogen and oxygen atoms in total. The molecule has 12 heteroatoms. The molecule has 1 aromatic heterocycles. The fourth-order valence-corrected chi connectivity index (χ4v) is 3.52. The van der Waals surface area contributed by atoms with E-state index in [1.54, 1.807) is 4.90 Å². The van der Waals surface area contributed by atoms with Crippen molar-refractivity contribution in [3.05, 3.63) is 60.2 Å². The molecule has 0 aliphatic carbocycles. The third-order valence-electron chi connectivity index (χ3n) is 5.43. The van der Waals surface area contributed by atoms with E-state index in [0.717, 1.165) is 5.56 Å². The lowest BCUT2D eigenvalue weighted by Crippen LogP contribution is -2.55. The van der Waals surface area contributed by atoms with E-state index < -0.39 is 30.9 Å². The maximum Gasteiger partial charge on any atom is 0.475 e. The molecule has 2 atom stereocenters. The predicted molar refractivity (Wildman–Crippen MR) is 122 cm³/mol. The molecule has 0 radical (unpaired) electrons. The van der Waals surface area contributed by atoms with Gasteiger partial charge in [0.15, 0.2) is 0 Å². The van der Waals surface area contributed by atoms with Gasteiger partial charge >= 0.3 is 7.12 Å². The molecule has 180 valence electrons. The van der Waals surface area contributed by atoms with Crippen molar-refractivity contribution in [3.63, 3.8) is 0 Å². The third kappa shape index (κ3) is 7.61. The first kappa shape index (κ1) is 25.3. The molecule has 0 saturated carbocycles. The molecular weight excluding hydrogens is 441 g/mol. The van der Waals surface area contributed by atoms with Crippen LogP contribution >= 0.6 is 0 Å². The largest absolute Gasteiger partial charge is 0.475 e. The van der Waals surface area contributed by atoms with E-state index in [1.165, 1.54) is 18.6 Å². The lowest BCUT2D eigenvalue weighted by molar-refractivity contribution is -0.138. The number of carbonyl (C=O) groups is 3. The number of benzene rings is 1. The minimum absolute atomic E-state index is 0.0121. The zero-order valence-corrected chi connectivity index (χ0v) is 18.7. The quantitative estimate of drug-likeness (QED) is 0.322. The van der Waals surface area contributed by atoms with Crippen molar-refractivity contribution in [2.24, 2.45) is 0 Å². The van der Waals surface area contributed by atoms with Crippen molar-refractivity contribution >= 4 is 24.8 Å². The van der Waals surface area contributed by atoms with Crippen LogP contribution in [0.15, 0.2) is 48.9 Å². The van der Waals surface area contributed by atoms with E-state index in [1.807, 2.05) is 30.3 Å². The number of nitrogens with one attached hydrogen (secondary N) is 2. The van der Waals surface area contributed by atoms with Gasteiger partial charge in [-0.25, -0.2) is 4.98 Å². The summed E-state index contributed by atoms with van der Waals surface area (Å²) in [4.78, 5) is 47.8. The van der Waals surface area contributed by atoms with E-state index in [4.69, 9.17) is 4.74 Å². The summed E-state index contributed by atoms with van der Waals surface area (Å²) in [5.41, 5.74) is 0.958. The highest BCUT2D eigenvalue weighted by atomic mass is 16.5. The van der Waals surface area contributed by atoms with Crippen LogP contribution in [0.2, 0.25) is 0 Å². The predicted octanol–water partition coefficient (Wildman–Crippen LogP) is -1.05. The average Bonchev–Trinajstić information content (AvgIpc) is 2.87. The Hall–Kier alpha value is -3.35. The Kier molecular flexibility index (Phi) is 9.50. The van der Waals surface area contributed by atoms with E-state index in [-0.39, 0.29) is 24.4 Å². The fourth-order valence-electron chi connectivity index (χ4n) is 3.52. The Morgan fingerprint density at radius 2 is 1.82 bits per heavy atom. The summed E-state index contributed by atoms with van der Waals surface area (Å²) in [6.07, 6.45) is 4.43. The number of rotatable bonds is 10. The van der Waals surface area contributed by atoms with Gasteiger partial charge in [-0.05, 0) is 18.4 Å². The van der Waals surface area contributed by atoms with Gasteiger partial charge in [0.1, 0.15) is 11.7 Å². The normalized spacial score (nSPS) is 15.2. The number of aryl methyl sites for hydroxylation is 1. The number of aromatic nitrogens is 2. The van der Waals surface area contributed by atoms with Crippen molar-refractivity contribution < 1.29 is 29.2 Å². The number of amides is 3. The molecule has 4 N–H and O–H groups in total. The topological polar surface area (TPSA) is 154 Å². The minimum Gasteiger partial charge on any atom is -0.426 e. The number of hydrogen-bond donors (Lipinski definition) is 4. The van der Waals surface area contributed by atoms with Gasteiger partial charge in [0.2, 0.25) is 11.8 Å². The second-order valence-corrected chi connectivity index (χ2v) is 7.87. The summed E-state index contributed by atoms with van der Waals surface area (Å²) in [5.74, 6) is -2.70. The fraction of sp³-hybridized carbons (Fsp3) is 0.409. The van der Waals surface area contributed by atoms with Crippen molar-refractivity contribution in [1.29, 1.82) is 0 Å². The maximum atomic E-state index is 13.1. The molecule has 34 heavy (non-hydrogen) atoms. The second kappa shape index (κ2) is 12.8. The van der Waals surface area contributed by atoms with Crippen LogP contribution in [0.5, 0.6) is 0 Å². The van der Waals surface area contributed by atoms with Crippen LogP contribution in [0, 0.1) is 0 Å². The molecule has 0 bridgehead atoms. The van der Waals surface area contributed by atoms with Gasteiger partial charge in [-0.2, -0.15) is 0 Å². The lowest BCUT2D eigenvalue weighted by atomic mass is 9.76. The molecule has 1 fully saturated rings. The molecular formula is C22H28BN5O6. The Labute approximate surface area is 197 Å². The molecule has 3 rings (SSSR count). The van der Waals surface area contributed by atoms with E-state index >= 15 is 0 Å². The van der Waals surface area contributed by atoms with E-state index in [9.17, 15) is 24.4 Å². The molecule has 2 heterocycles. The number of carbonyl (C=O) groups excluding carboxylic acids is 3. The van der Waals surface area contributed by atoms with Crippen LogP contribution in [-0.2, 0) is 20.7 Å². The zero-order chi connectivity index (χ0) is 24.3. The highest BCUT2D eigenvalue weighted by Crippen LogP contribution is 2.09. The van der Waals surface area contributed by atoms with E-state index in [0.29, 0.717) is 32.7 Å². The van der Waals surface area contributed by atoms with Gasteiger partial charge in [0.25, 0.3) is 5.91 Å². The molecule has 0 spiro atoms. The first-order valence-electron chi connectivity index (χ1n) is 11.1. The molecule has 3 amide bonds. The minimum atomic E-state index is -1.82. The number of hydrogen-bond acceptors (Lipinski definition) is 8. The van der Waals surface area contributed by atoms with Crippen LogP contribution in [0.25, 0.3) is 0 Å². The monoisotopic (exact) mass is 469 g/mol. The summed E-state index contributed by atoms with van der Waals surface area (Å²) in [7, 11) is -1.82. The second-order valence-electron chi connectivity index (χ2n) is 7.87. The summed E-state index contributed by atoms with van der Waals surface area (Å²) >= 11 is 0. The van der Waals surface area contributed by atoms with Crippen LogP contribution in [0.4, 0.5) is 0 Å². The number of nitrogens with zero attached hydrogens (tertiary/aromatic N) is 3. The first-order valence-corrected chi connectivity index (χ1v) is 11.1.